The van der Waals surface area contributed by atoms with Crippen molar-refractivity contribution < 1.29 is 5.11 Å². The molecule has 0 aliphatic heterocycles. The number of benzene rings is 1. The number of nitrogens with one attached hydrogen (secondary N) is 1. The first kappa shape index (κ1) is 16.8. The molecule has 4 heteroatoms. The molecule has 0 unspecified atom stereocenters. The molecule has 2 rings (SSSR count). The van der Waals surface area contributed by atoms with Crippen LogP contribution >= 0.6 is 15.9 Å². The van der Waals surface area contributed by atoms with Gasteiger partial charge in [0.2, 0.25) is 0 Å². The number of hydrogen-bond donors (Lipinski definition) is 2. The van der Waals surface area contributed by atoms with Crippen LogP contribution in [-0.2, 0) is 6.54 Å². The van der Waals surface area contributed by atoms with Crippen LogP contribution in [0.25, 0.3) is 0 Å². The predicted octanol–water partition coefficient (Wildman–Crippen LogP) is 3.69. The zero-order valence-corrected chi connectivity index (χ0v) is 14.9. The molecule has 2 N–H and O–H groups in total. The second kappa shape index (κ2) is 7.12. The lowest BCUT2D eigenvalue weighted by atomic mass is 9.91. The van der Waals surface area contributed by atoms with E-state index in [1.54, 1.807) is 0 Å². The summed E-state index contributed by atoms with van der Waals surface area (Å²) in [6, 6.07) is 7.15. The molecule has 0 bridgehead atoms. The quantitative estimate of drug-likeness (QED) is 0.817. The zero-order valence-electron chi connectivity index (χ0n) is 13.3. The highest BCUT2D eigenvalue weighted by Gasteiger charge is 2.25. The van der Waals surface area contributed by atoms with Crippen LogP contribution in [-0.4, -0.2) is 29.8 Å². The van der Waals surface area contributed by atoms with Crippen molar-refractivity contribution in [1.29, 1.82) is 0 Å². The molecular weight excluding hydrogens is 328 g/mol. The van der Waals surface area contributed by atoms with Crippen LogP contribution in [0.4, 0.5) is 5.69 Å². The van der Waals surface area contributed by atoms with Gasteiger partial charge in [-0.1, -0.05) is 22.0 Å². The van der Waals surface area contributed by atoms with E-state index in [1.807, 2.05) is 0 Å². The number of halogens is 1. The number of nitrogens with zero attached hydrogens (tertiary/aromatic N) is 1. The van der Waals surface area contributed by atoms with Gasteiger partial charge in [0.1, 0.15) is 0 Å². The molecule has 1 saturated carbocycles. The Morgan fingerprint density at radius 1 is 1.33 bits per heavy atom. The van der Waals surface area contributed by atoms with Crippen molar-refractivity contribution in [2.45, 2.75) is 58.2 Å². The lowest BCUT2D eigenvalue weighted by Gasteiger charge is -2.39. The third-order valence-electron chi connectivity index (χ3n) is 4.03. The molecule has 0 saturated heterocycles. The molecule has 0 radical (unpaired) electrons. The number of rotatable bonds is 6. The van der Waals surface area contributed by atoms with Crippen molar-refractivity contribution in [2.75, 3.05) is 18.1 Å². The summed E-state index contributed by atoms with van der Waals surface area (Å²) in [6.07, 6.45) is 3.79. The van der Waals surface area contributed by atoms with Crippen molar-refractivity contribution in [2.24, 2.45) is 0 Å². The first-order valence-corrected chi connectivity index (χ1v) is 8.61. The van der Waals surface area contributed by atoms with Gasteiger partial charge in [0, 0.05) is 34.8 Å². The van der Waals surface area contributed by atoms with E-state index in [-0.39, 0.29) is 12.1 Å². The SMILES string of the molecule is CC(C)(C)NCc1ccc(N(CCO)C2CCC2)cc1Br. The normalized spacial score (nSPS) is 15.9. The molecule has 1 aromatic rings. The average Bonchev–Trinajstić information content (AvgIpc) is 2.33. The fraction of sp³-hybridized carbons (Fsp3) is 0.647. The summed E-state index contributed by atoms with van der Waals surface area (Å²) in [6.45, 7) is 8.31. The predicted molar refractivity (Wildman–Crippen MR) is 92.8 cm³/mol. The Labute approximate surface area is 136 Å². The summed E-state index contributed by atoms with van der Waals surface area (Å²) in [4.78, 5) is 2.34. The van der Waals surface area contributed by atoms with Crippen LogP contribution in [0, 0.1) is 0 Å². The third kappa shape index (κ3) is 4.70. The molecule has 0 amide bonds. The Kier molecular flexibility index (Phi) is 5.69. The molecule has 1 aromatic carbocycles. The molecule has 0 aromatic heterocycles. The standard InChI is InChI=1S/C17H27BrN2O/c1-17(2,3)19-12-13-7-8-15(11-16(13)18)20(9-10-21)14-5-4-6-14/h7-8,11,14,19,21H,4-6,9-10,12H2,1-3H3. The van der Waals surface area contributed by atoms with E-state index in [0.29, 0.717) is 6.04 Å². The van der Waals surface area contributed by atoms with Crippen LogP contribution in [0.1, 0.15) is 45.6 Å². The van der Waals surface area contributed by atoms with Crippen molar-refractivity contribution in [3.63, 3.8) is 0 Å². The molecule has 118 valence electrons. The summed E-state index contributed by atoms with van der Waals surface area (Å²) < 4.78 is 1.14. The van der Waals surface area contributed by atoms with Crippen LogP contribution in [0.2, 0.25) is 0 Å². The van der Waals surface area contributed by atoms with Gasteiger partial charge >= 0.3 is 0 Å². The fourth-order valence-electron chi connectivity index (χ4n) is 2.55. The maximum atomic E-state index is 9.30. The van der Waals surface area contributed by atoms with Gasteiger partial charge in [-0.3, -0.25) is 0 Å². The third-order valence-corrected chi connectivity index (χ3v) is 4.77. The van der Waals surface area contributed by atoms with Crippen LogP contribution in [0.5, 0.6) is 0 Å². The van der Waals surface area contributed by atoms with E-state index in [9.17, 15) is 5.11 Å². The number of hydrogen-bond acceptors (Lipinski definition) is 3. The molecule has 1 fully saturated rings. The van der Waals surface area contributed by atoms with Gasteiger partial charge in [-0.2, -0.15) is 0 Å². The van der Waals surface area contributed by atoms with Gasteiger partial charge in [0.25, 0.3) is 0 Å². The minimum absolute atomic E-state index is 0.118. The summed E-state index contributed by atoms with van der Waals surface area (Å²) >= 11 is 3.69. The van der Waals surface area contributed by atoms with Gasteiger partial charge in [0.05, 0.1) is 6.61 Å². The van der Waals surface area contributed by atoms with E-state index in [2.05, 4.69) is 65.1 Å². The van der Waals surface area contributed by atoms with Gasteiger partial charge in [-0.05, 0) is 57.7 Å². The zero-order chi connectivity index (χ0) is 15.5. The molecule has 3 nitrogen and oxygen atoms in total. The highest BCUT2D eigenvalue weighted by Crippen LogP contribution is 2.32. The molecule has 1 aliphatic rings. The maximum absolute atomic E-state index is 9.30. The Hall–Kier alpha value is -0.580. The minimum Gasteiger partial charge on any atom is -0.395 e. The van der Waals surface area contributed by atoms with Crippen molar-refractivity contribution >= 4 is 21.6 Å². The summed E-state index contributed by atoms with van der Waals surface area (Å²) in [7, 11) is 0. The summed E-state index contributed by atoms with van der Waals surface area (Å²) in [5, 5.41) is 12.8. The highest BCUT2D eigenvalue weighted by molar-refractivity contribution is 9.10. The Morgan fingerprint density at radius 3 is 2.52 bits per heavy atom. The van der Waals surface area contributed by atoms with E-state index in [4.69, 9.17) is 0 Å². The fourth-order valence-corrected chi connectivity index (χ4v) is 3.05. The molecule has 0 heterocycles. The number of aliphatic hydroxyl groups excluding tert-OH is 1. The van der Waals surface area contributed by atoms with Crippen molar-refractivity contribution in [3.05, 3.63) is 28.2 Å². The van der Waals surface area contributed by atoms with Gasteiger partial charge in [0.15, 0.2) is 0 Å². The maximum Gasteiger partial charge on any atom is 0.0606 e. The number of aliphatic hydroxyl groups is 1. The number of anilines is 1. The molecular formula is C17H27BrN2O. The molecule has 0 atom stereocenters. The Morgan fingerprint density at radius 2 is 2.05 bits per heavy atom. The Bertz CT molecular complexity index is 466. The van der Waals surface area contributed by atoms with Gasteiger partial charge in [-0.15, -0.1) is 0 Å². The summed E-state index contributed by atoms with van der Waals surface area (Å²) in [5.74, 6) is 0. The highest BCUT2D eigenvalue weighted by atomic mass is 79.9. The molecule has 1 aliphatic carbocycles. The van der Waals surface area contributed by atoms with Crippen LogP contribution in [0.3, 0.4) is 0 Å². The van der Waals surface area contributed by atoms with E-state index >= 15 is 0 Å². The van der Waals surface area contributed by atoms with Crippen LogP contribution < -0.4 is 10.2 Å². The lowest BCUT2D eigenvalue weighted by molar-refractivity contribution is 0.283. The minimum atomic E-state index is 0.118. The lowest BCUT2D eigenvalue weighted by Crippen LogP contribution is -2.42. The summed E-state index contributed by atoms with van der Waals surface area (Å²) in [5.41, 5.74) is 2.60. The van der Waals surface area contributed by atoms with E-state index < -0.39 is 0 Å². The van der Waals surface area contributed by atoms with Gasteiger partial charge < -0.3 is 15.3 Å². The second-order valence-electron chi connectivity index (χ2n) is 6.88. The smallest absolute Gasteiger partial charge is 0.0606 e. The molecule has 21 heavy (non-hydrogen) atoms. The van der Waals surface area contributed by atoms with E-state index in [0.717, 1.165) is 17.6 Å². The largest absolute Gasteiger partial charge is 0.395 e. The topological polar surface area (TPSA) is 35.5 Å². The first-order chi connectivity index (χ1) is 9.90. The van der Waals surface area contributed by atoms with Crippen LogP contribution in [0.15, 0.2) is 22.7 Å². The average molecular weight is 355 g/mol. The Balaban J connectivity index is 2.09. The van der Waals surface area contributed by atoms with Gasteiger partial charge in [-0.25, -0.2) is 0 Å². The second-order valence-corrected chi connectivity index (χ2v) is 7.74. The van der Waals surface area contributed by atoms with Crippen molar-refractivity contribution in [1.82, 2.24) is 5.32 Å². The van der Waals surface area contributed by atoms with E-state index in [1.165, 1.54) is 30.5 Å². The first-order valence-electron chi connectivity index (χ1n) is 7.81. The molecule has 0 spiro atoms. The monoisotopic (exact) mass is 354 g/mol. The van der Waals surface area contributed by atoms with Crippen molar-refractivity contribution in [3.8, 4) is 0 Å².